The van der Waals surface area contributed by atoms with Gasteiger partial charge in [-0.1, -0.05) is 60.3 Å². The molecule has 1 heterocycles. The fourth-order valence-corrected chi connectivity index (χ4v) is 25.0. The van der Waals surface area contributed by atoms with Crippen molar-refractivity contribution in [1.82, 2.24) is 0 Å². The molecule has 4 rings (SSSR count). The minimum Gasteiger partial charge on any atom is -0.497 e. The molecule has 6 heteroatoms. The van der Waals surface area contributed by atoms with Crippen molar-refractivity contribution in [2.45, 2.75) is 59.5 Å². The maximum atomic E-state index is 6.40. The normalized spacial score (nSPS) is 31.7. The first kappa shape index (κ1) is 17.1. The fraction of sp³-hybridized carbons (Fsp3) is 0.647. The summed E-state index contributed by atoms with van der Waals surface area (Å²) >= 11 is 13.1. The Balaban J connectivity index is 1.71. The first-order valence-electron chi connectivity index (χ1n) is 8.44. The van der Waals surface area contributed by atoms with Gasteiger partial charge < -0.3 is 4.74 Å². The Morgan fingerprint density at radius 2 is 1.39 bits per heavy atom. The second-order valence-electron chi connectivity index (χ2n) is 6.72. The number of hydrogen-bond acceptors (Lipinski definition) is 5. The quantitative estimate of drug-likeness (QED) is 0.529. The molecular weight excluding hydrogens is 379 g/mol. The van der Waals surface area contributed by atoms with Gasteiger partial charge in [0.25, 0.3) is 0 Å². The van der Waals surface area contributed by atoms with Gasteiger partial charge in [0, 0.05) is 5.30 Å². The summed E-state index contributed by atoms with van der Waals surface area (Å²) in [7, 11) is 1.73. The second kappa shape index (κ2) is 6.46. The molecule has 0 N–H and O–H groups in total. The average Bonchev–Trinajstić information content (AvgIpc) is 3.16. The van der Waals surface area contributed by atoms with Gasteiger partial charge in [0.2, 0.25) is 0 Å². The molecule has 0 radical (unpaired) electrons. The molecule has 2 aliphatic carbocycles. The first-order valence-corrected chi connectivity index (χ1v) is 14.9. The number of hydrogen-bond donors (Lipinski definition) is 0. The Morgan fingerprint density at radius 3 is 1.83 bits per heavy atom. The standard InChI is InChI=1S/C17H23OPS4/c1-18-14-6-8-15(9-7-14)19(20)22-16(10-2-3-11-16)21-17(23-19)12-4-5-13-17/h6-9H,2-5,10-13H2,1H3. The minimum absolute atomic E-state index is 0.408. The zero-order chi connectivity index (χ0) is 16.0. The van der Waals surface area contributed by atoms with E-state index < -0.39 is 4.44 Å². The van der Waals surface area contributed by atoms with Crippen LogP contribution in [-0.2, 0) is 11.8 Å². The smallest absolute Gasteiger partial charge is 0.118 e. The van der Waals surface area contributed by atoms with Crippen molar-refractivity contribution in [3.63, 3.8) is 0 Å². The van der Waals surface area contributed by atoms with Crippen LogP contribution in [0.1, 0.15) is 51.4 Å². The van der Waals surface area contributed by atoms with E-state index in [9.17, 15) is 0 Å². The van der Waals surface area contributed by atoms with Gasteiger partial charge in [-0.2, -0.15) is 0 Å². The Morgan fingerprint density at radius 1 is 0.913 bits per heavy atom. The summed E-state index contributed by atoms with van der Waals surface area (Å²) in [6.45, 7) is 0. The monoisotopic (exact) mass is 402 g/mol. The Labute approximate surface area is 157 Å². The molecule has 3 fully saturated rings. The zero-order valence-electron chi connectivity index (χ0n) is 13.5. The molecule has 0 bridgehead atoms. The summed E-state index contributed by atoms with van der Waals surface area (Å²) in [6.07, 6.45) is 11.0. The van der Waals surface area contributed by atoms with E-state index in [2.05, 4.69) is 58.8 Å². The number of methoxy groups -OCH3 is 1. The molecule has 0 atom stereocenters. The molecule has 1 nitrogen and oxygen atoms in total. The van der Waals surface area contributed by atoms with Gasteiger partial charge >= 0.3 is 0 Å². The Bertz CT molecular complexity index is 590. The second-order valence-corrected chi connectivity index (χ2v) is 20.5. The van der Waals surface area contributed by atoms with E-state index in [1.807, 2.05) is 0 Å². The summed E-state index contributed by atoms with van der Waals surface area (Å²) in [5.74, 6) is 0.933. The van der Waals surface area contributed by atoms with Crippen LogP contribution in [0.2, 0.25) is 0 Å². The van der Waals surface area contributed by atoms with Crippen molar-refractivity contribution in [3.8, 4) is 5.75 Å². The van der Waals surface area contributed by atoms with Crippen LogP contribution < -0.4 is 10.0 Å². The highest BCUT2D eigenvalue weighted by Crippen LogP contribution is 2.86. The van der Waals surface area contributed by atoms with Gasteiger partial charge in [-0.3, -0.25) is 0 Å². The van der Waals surface area contributed by atoms with E-state index >= 15 is 0 Å². The molecule has 0 unspecified atom stereocenters. The van der Waals surface area contributed by atoms with Crippen LogP contribution in [0.3, 0.4) is 0 Å². The third-order valence-electron chi connectivity index (χ3n) is 5.06. The van der Waals surface area contributed by atoms with Crippen LogP contribution in [0.15, 0.2) is 24.3 Å². The molecule has 1 aromatic rings. The van der Waals surface area contributed by atoms with E-state index in [0.29, 0.717) is 8.16 Å². The van der Waals surface area contributed by atoms with Crippen molar-refractivity contribution in [2.24, 2.45) is 0 Å². The predicted molar refractivity (Wildman–Crippen MR) is 112 cm³/mol. The van der Waals surface area contributed by atoms with Crippen molar-refractivity contribution in [1.29, 1.82) is 0 Å². The predicted octanol–water partition coefficient (Wildman–Crippen LogP) is 6.38. The lowest BCUT2D eigenvalue weighted by Crippen LogP contribution is -2.31. The van der Waals surface area contributed by atoms with E-state index in [4.69, 9.17) is 16.5 Å². The van der Waals surface area contributed by atoms with Crippen LogP contribution >= 0.6 is 39.0 Å². The van der Waals surface area contributed by atoms with Crippen molar-refractivity contribution < 1.29 is 4.74 Å². The highest BCUT2D eigenvalue weighted by molar-refractivity contribution is 9.05. The van der Waals surface area contributed by atoms with Gasteiger partial charge in [-0.05, 0) is 49.9 Å². The number of thioether (sulfide) groups is 1. The highest BCUT2D eigenvalue weighted by Gasteiger charge is 2.55. The molecular formula is C17H23OPS4. The Hall–Kier alpha value is 0.720. The molecule has 1 aromatic carbocycles. The average molecular weight is 403 g/mol. The van der Waals surface area contributed by atoms with E-state index in [0.717, 1.165) is 5.75 Å². The van der Waals surface area contributed by atoms with Crippen molar-refractivity contribution in [2.75, 3.05) is 7.11 Å². The molecule has 1 aliphatic heterocycles. The lowest BCUT2D eigenvalue weighted by molar-refractivity contribution is 0.415. The van der Waals surface area contributed by atoms with E-state index in [-0.39, 0.29) is 0 Å². The molecule has 2 spiro atoms. The SMILES string of the molecule is COc1ccc(P2(=S)SC3(CCCC3)SC3(CCCC3)S2)cc1. The summed E-state index contributed by atoms with van der Waals surface area (Å²) < 4.78 is 4.52. The molecule has 1 saturated heterocycles. The van der Waals surface area contributed by atoms with E-state index in [1.54, 1.807) is 7.11 Å². The maximum Gasteiger partial charge on any atom is 0.118 e. The molecule has 0 amide bonds. The third-order valence-corrected chi connectivity index (χ3v) is 19.4. The van der Waals surface area contributed by atoms with Crippen molar-refractivity contribution >= 4 is 56.1 Å². The highest BCUT2D eigenvalue weighted by atomic mass is 33.2. The van der Waals surface area contributed by atoms with E-state index in [1.165, 1.54) is 56.7 Å². The van der Waals surface area contributed by atoms with Crippen molar-refractivity contribution in [3.05, 3.63) is 24.3 Å². The maximum absolute atomic E-state index is 6.40. The van der Waals surface area contributed by atoms with Crippen LogP contribution in [0.25, 0.3) is 0 Å². The lowest BCUT2D eigenvalue weighted by atomic mass is 10.3. The molecule has 3 aliphatic rings. The largest absolute Gasteiger partial charge is 0.497 e. The number of ether oxygens (including phenoxy) is 1. The minimum atomic E-state index is -1.64. The summed E-state index contributed by atoms with van der Waals surface area (Å²) in [4.78, 5) is 0. The van der Waals surface area contributed by atoms with Gasteiger partial charge in [-0.25, -0.2) is 0 Å². The first-order chi connectivity index (χ1) is 11.1. The molecule has 0 aromatic heterocycles. The lowest BCUT2D eigenvalue weighted by Gasteiger charge is -2.48. The van der Waals surface area contributed by atoms with Gasteiger partial charge in [0.05, 0.1) is 19.7 Å². The third kappa shape index (κ3) is 3.26. The van der Waals surface area contributed by atoms with Crippen LogP contribution in [0, 0.1) is 0 Å². The van der Waals surface area contributed by atoms with Gasteiger partial charge in [0.1, 0.15) is 5.75 Å². The topological polar surface area (TPSA) is 9.23 Å². The van der Waals surface area contributed by atoms with Crippen LogP contribution in [0.4, 0.5) is 0 Å². The summed E-state index contributed by atoms with van der Waals surface area (Å²) in [5, 5.41) is 1.39. The van der Waals surface area contributed by atoms with Gasteiger partial charge in [0.15, 0.2) is 0 Å². The Kier molecular flexibility index (Phi) is 4.82. The van der Waals surface area contributed by atoms with Gasteiger partial charge in [-0.15, -0.1) is 11.8 Å². The summed E-state index contributed by atoms with van der Waals surface area (Å²) in [6, 6.07) is 8.66. The zero-order valence-corrected chi connectivity index (χ0v) is 17.6. The summed E-state index contributed by atoms with van der Waals surface area (Å²) in [5.41, 5.74) is 0. The van der Waals surface area contributed by atoms with Crippen LogP contribution in [0.5, 0.6) is 5.75 Å². The van der Waals surface area contributed by atoms with Crippen LogP contribution in [-0.4, -0.2) is 15.3 Å². The molecule has 23 heavy (non-hydrogen) atoms. The molecule has 126 valence electrons. The fourth-order valence-electron chi connectivity index (χ4n) is 3.92. The molecule has 2 saturated carbocycles. The number of rotatable bonds is 2. The number of benzene rings is 1.